The van der Waals surface area contributed by atoms with E-state index in [9.17, 15) is 14.7 Å². The highest BCUT2D eigenvalue weighted by molar-refractivity contribution is 5.96. The second kappa shape index (κ2) is 4.58. The Hall–Kier alpha value is -1.82. The van der Waals surface area contributed by atoms with Crippen LogP contribution in [0.1, 0.15) is 10.4 Å². The second-order valence-corrected chi connectivity index (χ2v) is 4.19. The van der Waals surface area contributed by atoms with Gasteiger partial charge >= 0.3 is 0 Å². The molecule has 0 aromatic carbocycles. The number of piperazine rings is 1. The Morgan fingerprint density at radius 3 is 2.59 bits per heavy atom. The molecule has 2 rings (SSSR count). The zero-order chi connectivity index (χ0) is 12.4. The van der Waals surface area contributed by atoms with Crippen LogP contribution in [0.15, 0.2) is 17.1 Å². The molecule has 1 fully saturated rings. The summed E-state index contributed by atoms with van der Waals surface area (Å²) in [4.78, 5) is 29.2. The fourth-order valence-corrected chi connectivity index (χ4v) is 1.81. The van der Waals surface area contributed by atoms with E-state index in [1.54, 1.807) is 4.90 Å². The van der Waals surface area contributed by atoms with Gasteiger partial charge in [0.15, 0.2) is 0 Å². The minimum atomic E-state index is -0.419. The summed E-state index contributed by atoms with van der Waals surface area (Å²) in [6, 6.07) is 1.02. The molecular weight excluding hydrogens is 222 g/mol. The maximum absolute atomic E-state index is 12.1. The van der Waals surface area contributed by atoms with Gasteiger partial charge in [0.25, 0.3) is 11.5 Å². The Balaban J connectivity index is 2.17. The number of aromatic amines is 1. The summed E-state index contributed by atoms with van der Waals surface area (Å²) in [6.45, 7) is 2.90. The Labute approximate surface area is 98.5 Å². The van der Waals surface area contributed by atoms with Crippen LogP contribution in [0.3, 0.4) is 0 Å². The molecule has 1 saturated heterocycles. The Kier molecular flexibility index (Phi) is 3.14. The average molecular weight is 237 g/mol. The number of H-pyrrole nitrogens is 1. The highest BCUT2D eigenvalue weighted by atomic mass is 16.3. The summed E-state index contributed by atoms with van der Waals surface area (Å²) < 4.78 is 0. The van der Waals surface area contributed by atoms with Crippen LogP contribution in [0.5, 0.6) is 5.75 Å². The lowest BCUT2D eigenvalue weighted by molar-refractivity contribution is 0.0660. The van der Waals surface area contributed by atoms with E-state index in [0.717, 1.165) is 19.2 Å². The molecule has 6 heteroatoms. The van der Waals surface area contributed by atoms with E-state index < -0.39 is 5.56 Å². The van der Waals surface area contributed by atoms with Gasteiger partial charge in [-0.3, -0.25) is 9.59 Å². The van der Waals surface area contributed by atoms with Crippen molar-refractivity contribution in [2.24, 2.45) is 0 Å². The summed E-state index contributed by atoms with van der Waals surface area (Å²) in [6.07, 6.45) is 1.26. The van der Waals surface area contributed by atoms with Crippen LogP contribution in [0.25, 0.3) is 0 Å². The Morgan fingerprint density at radius 2 is 2.00 bits per heavy atom. The van der Waals surface area contributed by atoms with Crippen LogP contribution < -0.4 is 5.56 Å². The van der Waals surface area contributed by atoms with E-state index in [1.165, 1.54) is 6.20 Å². The van der Waals surface area contributed by atoms with Crippen molar-refractivity contribution in [3.8, 4) is 5.75 Å². The molecule has 0 saturated carbocycles. The first-order chi connectivity index (χ1) is 8.08. The maximum atomic E-state index is 12.1. The van der Waals surface area contributed by atoms with Gasteiger partial charge in [-0.05, 0) is 7.05 Å². The van der Waals surface area contributed by atoms with Crippen LogP contribution in [0.4, 0.5) is 0 Å². The number of amides is 1. The second-order valence-electron chi connectivity index (χ2n) is 4.19. The molecule has 0 aliphatic carbocycles. The maximum Gasteiger partial charge on any atom is 0.259 e. The minimum Gasteiger partial charge on any atom is -0.507 e. The van der Waals surface area contributed by atoms with E-state index in [0.29, 0.717) is 13.1 Å². The molecule has 1 aromatic rings. The third-order valence-electron chi connectivity index (χ3n) is 2.92. The monoisotopic (exact) mass is 237 g/mol. The van der Waals surface area contributed by atoms with Crippen molar-refractivity contribution in [3.05, 3.63) is 28.2 Å². The highest BCUT2D eigenvalue weighted by Crippen LogP contribution is 2.15. The summed E-state index contributed by atoms with van der Waals surface area (Å²) in [7, 11) is 2.00. The summed E-state index contributed by atoms with van der Waals surface area (Å²) in [5, 5.41) is 9.57. The van der Waals surface area contributed by atoms with E-state index >= 15 is 0 Å². The predicted octanol–water partition coefficient (Wildman–Crippen LogP) is -0.532. The number of nitrogens with zero attached hydrogens (tertiary/aromatic N) is 2. The number of hydrogen-bond acceptors (Lipinski definition) is 4. The number of nitrogens with one attached hydrogen (secondary N) is 1. The third kappa shape index (κ3) is 2.47. The quantitative estimate of drug-likeness (QED) is 0.688. The van der Waals surface area contributed by atoms with Crippen molar-refractivity contribution in [2.75, 3.05) is 33.2 Å². The summed E-state index contributed by atoms with van der Waals surface area (Å²) in [5.41, 5.74) is -0.272. The van der Waals surface area contributed by atoms with Crippen molar-refractivity contribution in [1.29, 1.82) is 0 Å². The van der Waals surface area contributed by atoms with Crippen molar-refractivity contribution in [3.63, 3.8) is 0 Å². The zero-order valence-corrected chi connectivity index (χ0v) is 9.64. The first-order valence-electron chi connectivity index (χ1n) is 5.47. The lowest BCUT2D eigenvalue weighted by Gasteiger charge is -2.32. The summed E-state index contributed by atoms with van der Waals surface area (Å²) >= 11 is 0. The Bertz CT molecular complexity index is 475. The van der Waals surface area contributed by atoms with E-state index in [4.69, 9.17) is 0 Å². The number of aromatic hydroxyl groups is 1. The third-order valence-corrected chi connectivity index (χ3v) is 2.92. The van der Waals surface area contributed by atoms with Crippen molar-refractivity contribution in [2.45, 2.75) is 0 Å². The molecule has 0 bridgehead atoms. The number of hydrogen-bond donors (Lipinski definition) is 2. The molecule has 6 nitrogen and oxygen atoms in total. The molecule has 17 heavy (non-hydrogen) atoms. The lowest BCUT2D eigenvalue weighted by atomic mass is 10.2. The molecule has 1 aliphatic rings. The zero-order valence-electron chi connectivity index (χ0n) is 9.64. The van der Waals surface area contributed by atoms with E-state index in [-0.39, 0.29) is 17.2 Å². The molecule has 2 N–H and O–H groups in total. The summed E-state index contributed by atoms with van der Waals surface area (Å²) in [5.74, 6) is -0.510. The van der Waals surface area contributed by atoms with Crippen LogP contribution in [-0.2, 0) is 0 Å². The fourth-order valence-electron chi connectivity index (χ4n) is 1.81. The highest BCUT2D eigenvalue weighted by Gasteiger charge is 2.22. The van der Waals surface area contributed by atoms with Gasteiger partial charge < -0.3 is 19.9 Å². The number of likely N-dealkylation sites (N-methyl/N-ethyl adjacent to an activating group) is 1. The number of carbonyl (C=O) groups is 1. The SMILES string of the molecule is CN1CCN(C(=O)c2c[nH]c(=O)cc2O)CC1. The fraction of sp³-hybridized carbons (Fsp3) is 0.455. The Morgan fingerprint density at radius 1 is 1.35 bits per heavy atom. The standard InChI is InChI=1S/C11H15N3O3/c1-13-2-4-14(5-3-13)11(17)8-7-12-10(16)6-9(8)15/h6-7H,2-5H2,1H3,(H2,12,15,16). The topological polar surface area (TPSA) is 76.6 Å². The van der Waals surface area contributed by atoms with Gasteiger partial charge in [-0.1, -0.05) is 0 Å². The molecule has 0 radical (unpaired) electrons. The number of aromatic nitrogens is 1. The van der Waals surface area contributed by atoms with Gasteiger partial charge in [-0.15, -0.1) is 0 Å². The van der Waals surface area contributed by atoms with Crippen molar-refractivity contribution >= 4 is 5.91 Å². The van der Waals surface area contributed by atoms with Gasteiger partial charge in [0, 0.05) is 38.4 Å². The normalized spacial score (nSPS) is 17.1. The number of rotatable bonds is 1. The molecule has 0 atom stereocenters. The predicted molar refractivity (Wildman–Crippen MR) is 62.1 cm³/mol. The molecule has 92 valence electrons. The van der Waals surface area contributed by atoms with Gasteiger partial charge in [0.1, 0.15) is 5.75 Å². The molecule has 0 unspecified atom stereocenters. The first kappa shape index (κ1) is 11.7. The number of carbonyl (C=O) groups excluding carboxylic acids is 1. The van der Waals surface area contributed by atoms with Crippen molar-refractivity contribution < 1.29 is 9.90 Å². The molecule has 1 aromatic heterocycles. The van der Waals surface area contributed by atoms with Gasteiger partial charge in [-0.25, -0.2) is 0 Å². The largest absolute Gasteiger partial charge is 0.507 e. The molecule has 0 spiro atoms. The smallest absolute Gasteiger partial charge is 0.259 e. The van der Waals surface area contributed by atoms with Crippen LogP contribution in [-0.4, -0.2) is 59.0 Å². The molecule has 1 aliphatic heterocycles. The van der Waals surface area contributed by atoms with Crippen molar-refractivity contribution in [1.82, 2.24) is 14.8 Å². The molecule has 1 amide bonds. The lowest BCUT2D eigenvalue weighted by Crippen LogP contribution is -2.47. The molecular formula is C11H15N3O3. The first-order valence-corrected chi connectivity index (χ1v) is 5.47. The van der Waals surface area contributed by atoms with Gasteiger partial charge in [-0.2, -0.15) is 0 Å². The van der Waals surface area contributed by atoms with Gasteiger partial charge in [0.05, 0.1) is 5.56 Å². The van der Waals surface area contributed by atoms with Crippen LogP contribution >= 0.6 is 0 Å². The average Bonchev–Trinajstić information content (AvgIpc) is 2.29. The number of pyridine rings is 1. The minimum absolute atomic E-state index is 0.147. The van der Waals surface area contributed by atoms with Crippen LogP contribution in [0, 0.1) is 0 Å². The van der Waals surface area contributed by atoms with Gasteiger partial charge in [0.2, 0.25) is 0 Å². The molecule has 2 heterocycles. The van der Waals surface area contributed by atoms with Crippen LogP contribution in [0.2, 0.25) is 0 Å². The van der Waals surface area contributed by atoms with E-state index in [1.807, 2.05) is 7.05 Å². The van der Waals surface area contributed by atoms with E-state index in [2.05, 4.69) is 9.88 Å².